The van der Waals surface area contributed by atoms with Crippen LogP contribution in [0.3, 0.4) is 0 Å². The summed E-state index contributed by atoms with van der Waals surface area (Å²) in [5.41, 5.74) is 5.24. The van der Waals surface area contributed by atoms with E-state index in [1.165, 1.54) is 0 Å². The van der Waals surface area contributed by atoms with E-state index in [0.717, 1.165) is 0 Å². The molecule has 0 bridgehead atoms. The van der Waals surface area contributed by atoms with Gasteiger partial charge in [-0.15, -0.1) is 0 Å². The molecule has 6 heteroatoms. The second kappa shape index (κ2) is 8.19. The smallest absolute Gasteiger partial charge is 0.234 e. The Morgan fingerprint density at radius 2 is 1.73 bits per heavy atom. The summed E-state index contributed by atoms with van der Waals surface area (Å²) in [6, 6.07) is 0. The first-order valence-electron chi connectivity index (χ1n) is 5.02. The monoisotopic (exact) mass is 216 g/mol. The summed E-state index contributed by atoms with van der Waals surface area (Å²) < 4.78 is 0. The fraction of sp³-hybridized carbons (Fsp3) is 0.778. The van der Waals surface area contributed by atoms with Gasteiger partial charge in [-0.3, -0.25) is 14.5 Å². The molecule has 0 radical (unpaired) electrons. The van der Waals surface area contributed by atoms with Gasteiger partial charge in [0.1, 0.15) is 0 Å². The molecule has 4 N–H and O–H groups in total. The summed E-state index contributed by atoms with van der Waals surface area (Å²) in [5, 5.41) is 5.29. The molecule has 0 rings (SSSR count). The van der Waals surface area contributed by atoms with E-state index in [9.17, 15) is 9.59 Å². The van der Waals surface area contributed by atoms with Crippen LogP contribution in [0.25, 0.3) is 0 Å². The Morgan fingerprint density at radius 1 is 1.20 bits per heavy atom. The first-order chi connectivity index (χ1) is 7.10. The first-order valence-corrected chi connectivity index (χ1v) is 5.02. The topological polar surface area (TPSA) is 87.5 Å². The van der Waals surface area contributed by atoms with Crippen LogP contribution in [0.1, 0.15) is 6.92 Å². The molecule has 0 aromatic rings. The van der Waals surface area contributed by atoms with Gasteiger partial charge >= 0.3 is 0 Å². The van der Waals surface area contributed by atoms with Crippen LogP contribution in [-0.2, 0) is 9.59 Å². The van der Waals surface area contributed by atoms with Crippen molar-refractivity contribution < 1.29 is 9.59 Å². The molecule has 0 saturated carbocycles. The molecule has 0 heterocycles. The molecular formula is C9H20N4O2. The molecule has 0 aliphatic rings. The maximum atomic E-state index is 11.2. The van der Waals surface area contributed by atoms with Crippen LogP contribution in [0.15, 0.2) is 0 Å². The molecule has 88 valence electrons. The molecule has 0 saturated heterocycles. The Labute approximate surface area is 90.2 Å². The van der Waals surface area contributed by atoms with Crippen LogP contribution in [0.2, 0.25) is 0 Å². The van der Waals surface area contributed by atoms with Gasteiger partial charge in [0.25, 0.3) is 0 Å². The SMILES string of the molecule is CCNC(=O)CN(C)CC(=O)NCCN. The highest BCUT2D eigenvalue weighted by Crippen LogP contribution is 1.81. The maximum absolute atomic E-state index is 11.2. The fourth-order valence-corrected chi connectivity index (χ4v) is 1.07. The van der Waals surface area contributed by atoms with E-state index in [0.29, 0.717) is 19.6 Å². The molecule has 0 aromatic carbocycles. The quantitative estimate of drug-likeness (QED) is 0.465. The number of nitrogens with zero attached hydrogens (tertiary/aromatic N) is 1. The summed E-state index contributed by atoms with van der Waals surface area (Å²) >= 11 is 0. The zero-order chi connectivity index (χ0) is 11.7. The number of nitrogens with two attached hydrogens (primary N) is 1. The summed E-state index contributed by atoms with van der Waals surface area (Å²) in [6.07, 6.45) is 0. The van der Waals surface area contributed by atoms with E-state index in [2.05, 4.69) is 10.6 Å². The van der Waals surface area contributed by atoms with Crippen molar-refractivity contribution in [1.82, 2.24) is 15.5 Å². The third-order valence-electron chi connectivity index (χ3n) is 1.67. The molecule has 2 amide bonds. The van der Waals surface area contributed by atoms with Crippen LogP contribution in [-0.4, -0.2) is 56.5 Å². The molecule has 0 atom stereocenters. The predicted molar refractivity (Wildman–Crippen MR) is 58.2 cm³/mol. The lowest BCUT2D eigenvalue weighted by atomic mass is 10.4. The number of carbonyl (C=O) groups is 2. The van der Waals surface area contributed by atoms with E-state index in [1.807, 2.05) is 6.92 Å². The van der Waals surface area contributed by atoms with E-state index >= 15 is 0 Å². The van der Waals surface area contributed by atoms with Crippen molar-refractivity contribution >= 4 is 11.8 Å². The van der Waals surface area contributed by atoms with Crippen molar-refractivity contribution in [2.24, 2.45) is 5.73 Å². The average molecular weight is 216 g/mol. The summed E-state index contributed by atoms with van der Waals surface area (Å²) in [7, 11) is 1.72. The Balaban J connectivity index is 3.67. The molecule has 0 spiro atoms. The molecule has 15 heavy (non-hydrogen) atoms. The number of hydrogen-bond donors (Lipinski definition) is 3. The van der Waals surface area contributed by atoms with Gasteiger partial charge in [0.2, 0.25) is 11.8 Å². The first kappa shape index (κ1) is 13.9. The number of hydrogen-bond acceptors (Lipinski definition) is 4. The van der Waals surface area contributed by atoms with Crippen molar-refractivity contribution in [2.75, 3.05) is 39.8 Å². The van der Waals surface area contributed by atoms with Gasteiger partial charge in [0.05, 0.1) is 13.1 Å². The lowest BCUT2D eigenvalue weighted by Gasteiger charge is -2.15. The molecular weight excluding hydrogens is 196 g/mol. The Morgan fingerprint density at radius 3 is 2.20 bits per heavy atom. The van der Waals surface area contributed by atoms with Gasteiger partial charge in [-0.2, -0.15) is 0 Å². The van der Waals surface area contributed by atoms with Crippen LogP contribution in [0.5, 0.6) is 0 Å². The van der Waals surface area contributed by atoms with E-state index < -0.39 is 0 Å². The number of amides is 2. The standard InChI is InChI=1S/C9H20N4O2/c1-3-11-8(14)6-13(2)7-9(15)12-5-4-10/h3-7,10H2,1-2H3,(H,11,14)(H,12,15). The highest BCUT2D eigenvalue weighted by atomic mass is 16.2. The molecule has 0 aliphatic heterocycles. The van der Waals surface area contributed by atoms with Crippen molar-refractivity contribution in [2.45, 2.75) is 6.92 Å². The molecule has 0 unspecified atom stereocenters. The Kier molecular flexibility index (Phi) is 7.57. The highest BCUT2D eigenvalue weighted by Gasteiger charge is 2.08. The number of carbonyl (C=O) groups excluding carboxylic acids is 2. The van der Waals surface area contributed by atoms with Gasteiger partial charge < -0.3 is 16.4 Å². The normalized spacial score (nSPS) is 10.1. The third kappa shape index (κ3) is 7.90. The van der Waals surface area contributed by atoms with E-state index in [-0.39, 0.29) is 24.9 Å². The van der Waals surface area contributed by atoms with Gasteiger partial charge in [0, 0.05) is 19.6 Å². The molecule has 0 fully saturated rings. The lowest BCUT2D eigenvalue weighted by Crippen LogP contribution is -2.41. The predicted octanol–water partition coefficient (Wildman–Crippen LogP) is -1.87. The van der Waals surface area contributed by atoms with E-state index in [1.54, 1.807) is 11.9 Å². The van der Waals surface area contributed by atoms with Crippen molar-refractivity contribution in [1.29, 1.82) is 0 Å². The zero-order valence-corrected chi connectivity index (χ0v) is 9.38. The highest BCUT2D eigenvalue weighted by molar-refractivity contribution is 5.80. The third-order valence-corrected chi connectivity index (χ3v) is 1.67. The largest absolute Gasteiger partial charge is 0.355 e. The lowest BCUT2D eigenvalue weighted by molar-refractivity contribution is -0.124. The molecule has 0 aliphatic carbocycles. The summed E-state index contributed by atoms with van der Waals surface area (Å²) in [6.45, 7) is 3.78. The van der Waals surface area contributed by atoms with Gasteiger partial charge in [-0.05, 0) is 14.0 Å². The second-order valence-corrected chi connectivity index (χ2v) is 3.26. The summed E-state index contributed by atoms with van der Waals surface area (Å²) in [4.78, 5) is 24.0. The van der Waals surface area contributed by atoms with Crippen LogP contribution < -0.4 is 16.4 Å². The minimum absolute atomic E-state index is 0.0772. The van der Waals surface area contributed by atoms with Crippen molar-refractivity contribution in [3.8, 4) is 0 Å². The zero-order valence-electron chi connectivity index (χ0n) is 9.38. The minimum Gasteiger partial charge on any atom is -0.355 e. The fourth-order valence-electron chi connectivity index (χ4n) is 1.07. The number of nitrogens with one attached hydrogen (secondary N) is 2. The number of likely N-dealkylation sites (N-methyl/N-ethyl adjacent to an activating group) is 2. The summed E-state index contributed by atoms with van der Waals surface area (Å²) in [5.74, 6) is -0.195. The van der Waals surface area contributed by atoms with Crippen LogP contribution in [0, 0.1) is 0 Å². The maximum Gasteiger partial charge on any atom is 0.234 e. The number of rotatable bonds is 7. The van der Waals surface area contributed by atoms with Crippen LogP contribution in [0.4, 0.5) is 0 Å². The van der Waals surface area contributed by atoms with Crippen LogP contribution >= 0.6 is 0 Å². The van der Waals surface area contributed by atoms with Gasteiger partial charge in [-0.1, -0.05) is 0 Å². The molecule has 6 nitrogen and oxygen atoms in total. The van der Waals surface area contributed by atoms with Crippen molar-refractivity contribution in [3.63, 3.8) is 0 Å². The van der Waals surface area contributed by atoms with E-state index in [4.69, 9.17) is 5.73 Å². The van der Waals surface area contributed by atoms with Gasteiger partial charge in [-0.25, -0.2) is 0 Å². The Hall–Kier alpha value is -1.14. The Bertz CT molecular complexity index is 208. The average Bonchev–Trinajstić information content (AvgIpc) is 2.14. The minimum atomic E-state index is -0.118. The second-order valence-electron chi connectivity index (χ2n) is 3.26. The van der Waals surface area contributed by atoms with Crippen molar-refractivity contribution in [3.05, 3.63) is 0 Å². The van der Waals surface area contributed by atoms with Gasteiger partial charge in [0.15, 0.2) is 0 Å². The molecule has 0 aromatic heterocycles.